The van der Waals surface area contributed by atoms with Crippen LogP contribution >= 0.6 is 11.6 Å². The Labute approximate surface area is 111 Å². The van der Waals surface area contributed by atoms with Crippen LogP contribution in [0.3, 0.4) is 0 Å². The van der Waals surface area contributed by atoms with Crippen LogP contribution < -0.4 is 5.32 Å². The van der Waals surface area contributed by atoms with Crippen LogP contribution in [0.15, 0.2) is 6.20 Å². The first kappa shape index (κ1) is 12.8. The van der Waals surface area contributed by atoms with Gasteiger partial charge < -0.3 is 5.32 Å². The third kappa shape index (κ3) is 2.61. The molecule has 5 nitrogen and oxygen atoms in total. The lowest BCUT2D eigenvalue weighted by Gasteiger charge is -2.09. The summed E-state index contributed by atoms with van der Waals surface area (Å²) >= 11 is 6.03. The molecule has 2 rings (SSSR count). The molecule has 0 fully saturated rings. The molecule has 96 valence electrons. The zero-order valence-electron chi connectivity index (χ0n) is 11.0. The number of anilines is 1. The average Bonchev–Trinajstić information content (AvgIpc) is 2.60. The van der Waals surface area contributed by atoms with E-state index in [4.69, 9.17) is 11.6 Å². The minimum atomic E-state index is 0.493. The van der Waals surface area contributed by atoms with E-state index in [9.17, 15) is 0 Å². The zero-order valence-corrected chi connectivity index (χ0v) is 11.7. The minimum Gasteiger partial charge on any atom is -0.365 e. The van der Waals surface area contributed by atoms with Gasteiger partial charge >= 0.3 is 0 Å². The van der Waals surface area contributed by atoms with Crippen LogP contribution in [0, 0.1) is 20.8 Å². The van der Waals surface area contributed by atoms with Crippen molar-refractivity contribution in [1.82, 2.24) is 19.7 Å². The Morgan fingerprint density at radius 1 is 1.28 bits per heavy atom. The molecular formula is C12H16ClN5. The van der Waals surface area contributed by atoms with Crippen LogP contribution in [0.1, 0.15) is 22.6 Å². The molecule has 0 atom stereocenters. The van der Waals surface area contributed by atoms with Gasteiger partial charge in [0.05, 0.1) is 5.69 Å². The van der Waals surface area contributed by atoms with Gasteiger partial charge in [0.15, 0.2) is 0 Å². The van der Waals surface area contributed by atoms with Gasteiger partial charge in [-0.05, 0) is 20.8 Å². The summed E-state index contributed by atoms with van der Waals surface area (Å²) in [6.07, 6.45) is 1.99. The van der Waals surface area contributed by atoms with Crippen molar-refractivity contribution in [3.05, 3.63) is 34.0 Å². The van der Waals surface area contributed by atoms with E-state index in [1.54, 1.807) is 4.68 Å². The zero-order chi connectivity index (χ0) is 13.3. The van der Waals surface area contributed by atoms with E-state index in [-0.39, 0.29) is 0 Å². The monoisotopic (exact) mass is 265 g/mol. The Balaban J connectivity index is 2.18. The Bertz CT molecular complexity index is 576. The van der Waals surface area contributed by atoms with Crippen molar-refractivity contribution in [3.8, 4) is 0 Å². The van der Waals surface area contributed by atoms with E-state index < -0.39 is 0 Å². The summed E-state index contributed by atoms with van der Waals surface area (Å²) in [5.41, 5.74) is 3.02. The predicted molar refractivity (Wildman–Crippen MR) is 71.8 cm³/mol. The molecule has 0 saturated heterocycles. The summed E-state index contributed by atoms with van der Waals surface area (Å²) in [5.74, 6) is 1.44. The summed E-state index contributed by atoms with van der Waals surface area (Å²) < 4.78 is 1.80. The molecule has 2 heterocycles. The maximum Gasteiger partial charge on any atom is 0.137 e. The van der Waals surface area contributed by atoms with Crippen molar-refractivity contribution in [2.24, 2.45) is 7.05 Å². The molecule has 0 radical (unpaired) electrons. The van der Waals surface area contributed by atoms with Crippen molar-refractivity contribution in [3.63, 3.8) is 0 Å². The fourth-order valence-electron chi connectivity index (χ4n) is 1.77. The second-order valence-corrected chi connectivity index (χ2v) is 4.66. The molecule has 0 bridgehead atoms. The molecule has 18 heavy (non-hydrogen) atoms. The van der Waals surface area contributed by atoms with Gasteiger partial charge in [-0.25, -0.2) is 9.97 Å². The Hall–Kier alpha value is -1.62. The number of halogens is 1. The highest BCUT2D eigenvalue weighted by Gasteiger charge is 2.08. The smallest absolute Gasteiger partial charge is 0.137 e. The number of aromatic nitrogens is 4. The van der Waals surface area contributed by atoms with Gasteiger partial charge in [-0.1, -0.05) is 11.6 Å². The van der Waals surface area contributed by atoms with E-state index in [0.717, 1.165) is 22.6 Å². The molecule has 0 aliphatic rings. The number of hydrogen-bond acceptors (Lipinski definition) is 4. The second-order valence-electron chi connectivity index (χ2n) is 4.30. The van der Waals surface area contributed by atoms with Gasteiger partial charge in [-0.2, -0.15) is 5.10 Å². The van der Waals surface area contributed by atoms with Gasteiger partial charge in [-0.15, -0.1) is 0 Å². The SMILES string of the molecule is Cc1nc(Cl)c(C)c(NCc2cn(C)nc2C)n1. The van der Waals surface area contributed by atoms with Gasteiger partial charge in [0.2, 0.25) is 0 Å². The number of nitrogens with one attached hydrogen (secondary N) is 1. The fourth-order valence-corrected chi connectivity index (χ4v) is 1.98. The van der Waals surface area contributed by atoms with Crippen molar-refractivity contribution in [2.45, 2.75) is 27.3 Å². The molecule has 0 unspecified atom stereocenters. The molecule has 2 aromatic heterocycles. The second kappa shape index (κ2) is 4.94. The maximum atomic E-state index is 6.03. The summed E-state index contributed by atoms with van der Waals surface area (Å²) in [6, 6.07) is 0. The number of rotatable bonds is 3. The first-order valence-corrected chi connectivity index (χ1v) is 6.09. The van der Waals surface area contributed by atoms with Crippen LogP contribution in [0.2, 0.25) is 5.15 Å². The van der Waals surface area contributed by atoms with Crippen LogP contribution in [-0.2, 0) is 13.6 Å². The van der Waals surface area contributed by atoms with Crippen molar-refractivity contribution < 1.29 is 0 Å². The normalized spacial score (nSPS) is 10.7. The third-order valence-corrected chi connectivity index (χ3v) is 3.13. The highest BCUT2D eigenvalue weighted by Crippen LogP contribution is 2.20. The van der Waals surface area contributed by atoms with E-state index in [1.165, 1.54) is 0 Å². The van der Waals surface area contributed by atoms with E-state index >= 15 is 0 Å². The Morgan fingerprint density at radius 2 is 2.00 bits per heavy atom. The first-order chi connectivity index (χ1) is 8.47. The summed E-state index contributed by atoms with van der Waals surface area (Å²) in [7, 11) is 1.91. The molecule has 2 aromatic rings. The van der Waals surface area contributed by atoms with Crippen LogP contribution in [-0.4, -0.2) is 19.7 Å². The summed E-state index contributed by atoms with van der Waals surface area (Å²) in [5, 5.41) is 8.07. The quantitative estimate of drug-likeness (QED) is 0.866. The highest BCUT2D eigenvalue weighted by atomic mass is 35.5. The Kier molecular flexibility index (Phi) is 3.52. The van der Waals surface area contributed by atoms with Gasteiger partial charge in [0.25, 0.3) is 0 Å². The molecule has 0 aliphatic heterocycles. The van der Waals surface area contributed by atoms with Crippen molar-refractivity contribution in [2.75, 3.05) is 5.32 Å². The third-order valence-electron chi connectivity index (χ3n) is 2.76. The molecule has 6 heteroatoms. The van der Waals surface area contributed by atoms with Crippen LogP contribution in [0.25, 0.3) is 0 Å². The summed E-state index contributed by atoms with van der Waals surface area (Å²) in [6.45, 7) is 6.39. The number of hydrogen-bond donors (Lipinski definition) is 1. The predicted octanol–water partition coefficient (Wildman–Crippen LogP) is 2.40. The fraction of sp³-hybridized carbons (Fsp3) is 0.417. The van der Waals surface area contributed by atoms with E-state index in [2.05, 4.69) is 20.4 Å². The lowest BCUT2D eigenvalue weighted by Crippen LogP contribution is -2.06. The lowest BCUT2D eigenvalue weighted by atomic mass is 10.2. The first-order valence-electron chi connectivity index (χ1n) is 5.71. The molecule has 0 saturated carbocycles. The van der Waals surface area contributed by atoms with Gasteiger partial charge in [0, 0.05) is 30.9 Å². The van der Waals surface area contributed by atoms with Crippen molar-refractivity contribution in [1.29, 1.82) is 0 Å². The standard InChI is InChI=1S/C12H16ClN5/c1-7-11(13)15-9(3)16-12(7)14-5-10-6-18(4)17-8(10)2/h6H,5H2,1-4H3,(H,14,15,16). The Morgan fingerprint density at radius 3 is 2.61 bits per heavy atom. The topological polar surface area (TPSA) is 55.6 Å². The minimum absolute atomic E-state index is 0.493. The van der Waals surface area contributed by atoms with Crippen LogP contribution in [0.5, 0.6) is 0 Å². The van der Waals surface area contributed by atoms with Crippen LogP contribution in [0.4, 0.5) is 5.82 Å². The van der Waals surface area contributed by atoms with E-state index in [0.29, 0.717) is 17.5 Å². The van der Waals surface area contributed by atoms with Gasteiger partial charge in [0.1, 0.15) is 16.8 Å². The number of aryl methyl sites for hydroxylation is 3. The number of nitrogens with zero attached hydrogens (tertiary/aromatic N) is 4. The van der Waals surface area contributed by atoms with Crippen molar-refractivity contribution >= 4 is 17.4 Å². The maximum absolute atomic E-state index is 6.03. The summed E-state index contributed by atoms with van der Waals surface area (Å²) in [4.78, 5) is 8.46. The largest absolute Gasteiger partial charge is 0.365 e. The molecule has 1 N–H and O–H groups in total. The lowest BCUT2D eigenvalue weighted by molar-refractivity contribution is 0.756. The van der Waals surface area contributed by atoms with E-state index in [1.807, 2.05) is 34.0 Å². The highest BCUT2D eigenvalue weighted by molar-refractivity contribution is 6.30. The molecule has 0 amide bonds. The average molecular weight is 266 g/mol. The van der Waals surface area contributed by atoms with Gasteiger partial charge in [-0.3, -0.25) is 4.68 Å². The molecule has 0 aromatic carbocycles. The molecular weight excluding hydrogens is 250 g/mol. The molecule has 0 spiro atoms. The molecule has 0 aliphatic carbocycles.